The molecule has 0 aromatic heterocycles. The molecule has 2 rings (SSSR count). The van der Waals surface area contributed by atoms with Gasteiger partial charge in [0.25, 0.3) is 0 Å². The molecule has 3 heteroatoms. The Morgan fingerprint density at radius 2 is 2.21 bits per heavy atom. The van der Waals surface area contributed by atoms with E-state index in [0.717, 1.165) is 23.2 Å². The number of benzene rings is 1. The van der Waals surface area contributed by atoms with Crippen LogP contribution >= 0.6 is 34.2 Å². The lowest BCUT2D eigenvalue weighted by molar-refractivity contribution is 0.333. The Hall–Kier alpha value is 0.0400. The Balaban J connectivity index is 1.94. The normalized spacial score (nSPS) is 16.4. The van der Waals surface area contributed by atoms with Gasteiger partial charge in [-0.15, -0.1) is 0 Å². The highest BCUT2D eigenvalue weighted by Crippen LogP contribution is 2.28. The zero-order chi connectivity index (χ0) is 9.97. The van der Waals surface area contributed by atoms with Gasteiger partial charge in [0.15, 0.2) is 0 Å². The van der Waals surface area contributed by atoms with Crippen LogP contribution in [0.5, 0.6) is 0 Å². The Morgan fingerprint density at radius 3 is 2.79 bits per heavy atom. The fourth-order valence-corrected chi connectivity index (χ4v) is 2.51. The fraction of sp³-hybridized carbons (Fsp3) is 0.455. The maximum absolute atomic E-state index is 6.11. The molecule has 0 amide bonds. The van der Waals surface area contributed by atoms with Crippen molar-refractivity contribution in [2.75, 3.05) is 11.9 Å². The summed E-state index contributed by atoms with van der Waals surface area (Å²) in [6.45, 7) is 1.07. The second-order valence-corrected chi connectivity index (χ2v) is 5.45. The maximum atomic E-state index is 6.11. The Kier molecular flexibility index (Phi) is 3.55. The number of hydrogen-bond acceptors (Lipinski definition) is 1. The Labute approximate surface area is 103 Å². The van der Waals surface area contributed by atoms with E-state index in [1.807, 2.05) is 6.07 Å². The van der Waals surface area contributed by atoms with Gasteiger partial charge in [-0.2, -0.15) is 0 Å². The van der Waals surface area contributed by atoms with E-state index in [4.69, 9.17) is 11.6 Å². The molecule has 1 aromatic carbocycles. The highest BCUT2D eigenvalue weighted by Gasteiger charge is 2.16. The largest absolute Gasteiger partial charge is 0.384 e. The Morgan fingerprint density at radius 1 is 1.43 bits per heavy atom. The van der Waals surface area contributed by atoms with Crippen molar-refractivity contribution >= 4 is 39.9 Å². The van der Waals surface area contributed by atoms with Crippen molar-refractivity contribution < 1.29 is 0 Å². The average Bonchev–Trinajstić information content (AvgIpc) is 2.05. The number of hydrogen-bond donors (Lipinski definition) is 1. The topological polar surface area (TPSA) is 12.0 Å². The molecule has 0 aliphatic heterocycles. The summed E-state index contributed by atoms with van der Waals surface area (Å²) in [7, 11) is 0. The fourth-order valence-electron chi connectivity index (χ4n) is 1.58. The van der Waals surface area contributed by atoms with Crippen LogP contribution in [-0.4, -0.2) is 6.54 Å². The minimum Gasteiger partial charge on any atom is -0.384 e. The molecular weight excluding hydrogens is 308 g/mol. The summed E-state index contributed by atoms with van der Waals surface area (Å²) in [5, 5.41) is 4.24. The predicted molar refractivity (Wildman–Crippen MR) is 70.0 cm³/mol. The molecule has 14 heavy (non-hydrogen) atoms. The third-order valence-electron chi connectivity index (χ3n) is 2.74. The van der Waals surface area contributed by atoms with Crippen molar-refractivity contribution in [2.45, 2.75) is 19.3 Å². The van der Waals surface area contributed by atoms with Crippen molar-refractivity contribution in [3.8, 4) is 0 Å². The van der Waals surface area contributed by atoms with E-state index in [1.54, 1.807) is 0 Å². The molecule has 1 fully saturated rings. The Bertz CT molecular complexity index is 323. The quantitative estimate of drug-likeness (QED) is 0.824. The van der Waals surface area contributed by atoms with Crippen LogP contribution in [0.4, 0.5) is 5.69 Å². The van der Waals surface area contributed by atoms with Crippen LogP contribution in [0.2, 0.25) is 5.02 Å². The van der Waals surface area contributed by atoms with Crippen molar-refractivity contribution in [3.05, 3.63) is 26.8 Å². The van der Waals surface area contributed by atoms with Crippen molar-refractivity contribution in [1.29, 1.82) is 0 Å². The molecule has 0 atom stereocenters. The number of nitrogens with one attached hydrogen (secondary N) is 1. The first-order valence-electron chi connectivity index (χ1n) is 4.94. The summed E-state index contributed by atoms with van der Waals surface area (Å²) in [5.74, 6) is 0.866. The van der Waals surface area contributed by atoms with Gasteiger partial charge in [0, 0.05) is 10.1 Å². The lowest BCUT2D eigenvalue weighted by atomic mass is 9.85. The summed E-state index contributed by atoms with van der Waals surface area (Å²) in [6, 6.07) is 6.13. The molecule has 1 aliphatic carbocycles. The molecule has 76 valence electrons. The first-order chi connectivity index (χ1) is 6.75. The second kappa shape index (κ2) is 4.71. The average molecular weight is 322 g/mol. The van der Waals surface area contributed by atoms with E-state index in [0.29, 0.717) is 0 Å². The summed E-state index contributed by atoms with van der Waals surface area (Å²) < 4.78 is 1.18. The molecule has 1 aliphatic rings. The van der Waals surface area contributed by atoms with E-state index >= 15 is 0 Å². The van der Waals surface area contributed by atoms with E-state index < -0.39 is 0 Å². The molecule has 0 saturated heterocycles. The third kappa shape index (κ3) is 2.54. The highest BCUT2D eigenvalue weighted by molar-refractivity contribution is 14.1. The van der Waals surface area contributed by atoms with Crippen LogP contribution in [0.3, 0.4) is 0 Å². The van der Waals surface area contributed by atoms with Crippen molar-refractivity contribution in [2.24, 2.45) is 5.92 Å². The standard InChI is InChI=1S/C11H13ClIN/c12-10-6-9(13)4-5-11(10)14-7-8-2-1-3-8/h4-6,8,14H,1-3,7H2. The molecule has 0 radical (unpaired) electrons. The SMILES string of the molecule is Clc1cc(I)ccc1NCC1CCC1. The summed E-state index contributed by atoms with van der Waals surface area (Å²) >= 11 is 8.38. The zero-order valence-corrected chi connectivity index (χ0v) is 10.8. The molecule has 0 heterocycles. The van der Waals surface area contributed by atoms with Crippen LogP contribution in [0.25, 0.3) is 0 Å². The van der Waals surface area contributed by atoms with Gasteiger partial charge in [0.1, 0.15) is 0 Å². The van der Waals surface area contributed by atoms with Gasteiger partial charge in [0.2, 0.25) is 0 Å². The number of anilines is 1. The molecular formula is C11H13ClIN. The van der Waals surface area contributed by atoms with Gasteiger partial charge in [-0.25, -0.2) is 0 Å². The van der Waals surface area contributed by atoms with Gasteiger partial charge in [-0.1, -0.05) is 18.0 Å². The van der Waals surface area contributed by atoms with Gasteiger partial charge < -0.3 is 5.32 Å². The molecule has 0 bridgehead atoms. The monoisotopic (exact) mass is 321 g/mol. The van der Waals surface area contributed by atoms with E-state index in [2.05, 4.69) is 40.0 Å². The van der Waals surface area contributed by atoms with Crippen LogP contribution in [0, 0.1) is 9.49 Å². The lowest BCUT2D eigenvalue weighted by Crippen LogP contribution is -2.20. The van der Waals surface area contributed by atoms with E-state index in [-0.39, 0.29) is 0 Å². The zero-order valence-electron chi connectivity index (χ0n) is 7.89. The first-order valence-corrected chi connectivity index (χ1v) is 6.40. The maximum Gasteiger partial charge on any atom is 0.0648 e. The minimum absolute atomic E-state index is 0.830. The highest BCUT2D eigenvalue weighted by atomic mass is 127. The van der Waals surface area contributed by atoms with Gasteiger partial charge >= 0.3 is 0 Å². The number of halogens is 2. The summed E-state index contributed by atoms with van der Waals surface area (Å²) in [4.78, 5) is 0. The minimum atomic E-state index is 0.830. The second-order valence-electron chi connectivity index (χ2n) is 3.80. The van der Waals surface area contributed by atoms with Crippen LogP contribution in [0.15, 0.2) is 18.2 Å². The smallest absolute Gasteiger partial charge is 0.0648 e. The van der Waals surface area contributed by atoms with Crippen molar-refractivity contribution in [3.63, 3.8) is 0 Å². The first kappa shape index (κ1) is 10.6. The van der Waals surface area contributed by atoms with Gasteiger partial charge in [-0.05, 0) is 59.5 Å². The van der Waals surface area contributed by atoms with Crippen LogP contribution < -0.4 is 5.32 Å². The predicted octanol–water partition coefficient (Wildman–Crippen LogP) is 4.16. The molecule has 1 nitrogen and oxygen atoms in total. The van der Waals surface area contributed by atoms with Crippen LogP contribution in [-0.2, 0) is 0 Å². The third-order valence-corrected chi connectivity index (χ3v) is 3.72. The molecule has 0 spiro atoms. The molecule has 0 unspecified atom stereocenters. The molecule has 1 N–H and O–H groups in total. The molecule has 1 saturated carbocycles. The summed E-state index contributed by atoms with van der Waals surface area (Å²) in [6.07, 6.45) is 4.14. The lowest BCUT2D eigenvalue weighted by Gasteiger charge is -2.26. The van der Waals surface area contributed by atoms with E-state index in [9.17, 15) is 0 Å². The van der Waals surface area contributed by atoms with Gasteiger partial charge in [-0.3, -0.25) is 0 Å². The number of rotatable bonds is 3. The summed E-state index contributed by atoms with van der Waals surface area (Å²) in [5.41, 5.74) is 1.07. The molecule has 1 aromatic rings. The van der Waals surface area contributed by atoms with E-state index in [1.165, 1.54) is 22.8 Å². The van der Waals surface area contributed by atoms with Crippen LogP contribution in [0.1, 0.15) is 19.3 Å². The van der Waals surface area contributed by atoms with Crippen molar-refractivity contribution in [1.82, 2.24) is 0 Å². The van der Waals surface area contributed by atoms with Gasteiger partial charge in [0.05, 0.1) is 10.7 Å².